The molecule has 0 amide bonds. The molecule has 0 bridgehead atoms. The van der Waals surface area contributed by atoms with Gasteiger partial charge in [-0.2, -0.15) is 0 Å². The Kier molecular flexibility index (Phi) is 4.76. The minimum absolute atomic E-state index is 0.400. The number of nitrogens with zero attached hydrogens (tertiary/aromatic N) is 2. The van der Waals surface area contributed by atoms with Gasteiger partial charge in [-0.1, -0.05) is 48.0 Å². The van der Waals surface area contributed by atoms with Crippen molar-refractivity contribution in [1.82, 2.24) is 9.97 Å². The quantitative estimate of drug-likeness (QED) is 0.875. The second-order valence-electron chi connectivity index (χ2n) is 5.06. The summed E-state index contributed by atoms with van der Waals surface area (Å²) in [7, 11) is 0. The van der Waals surface area contributed by atoms with Crippen LogP contribution in [0.2, 0.25) is 0 Å². The van der Waals surface area contributed by atoms with Crippen molar-refractivity contribution in [2.45, 2.75) is 33.6 Å². The van der Waals surface area contributed by atoms with Crippen LogP contribution in [0.1, 0.15) is 37.9 Å². The molecule has 0 atom stereocenters. The Morgan fingerprint density at radius 1 is 1.20 bits per heavy atom. The molecule has 0 saturated carbocycles. The summed E-state index contributed by atoms with van der Waals surface area (Å²) < 4.78 is 1.01. The zero-order chi connectivity index (χ0) is 14.7. The van der Waals surface area contributed by atoms with Gasteiger partial charge in [-0.3, -0.25) is 0 Å². The molecule has 0 fully saturated rings. The van der Waals surface area contributed by atoms with Crippen LogP contribution in [-0.2, 0) is 0 Å². The number of aryl methyl sites for hydroxylation is 1. The van der Waals surface area contributed by atoms with Gasteiger partial charge in [0.1, 0.15) is 5.82 Å². The van der Waals surface area contributed by atoms with Gasteiger partial charge in [-0.25, -0.2) is 9.97 Å². The van der Waals surface area contributed by atoms with Crippen molar-refractivity contribution in [2.75, 3.05) is 11.9 Å². The Labute approximate surface area is 129 Å². The number of nitrogens with one attached hydrogen (secondary N) is 1. The molecule has 0 aliphatic carbocycles. The molecule has 0 radical (unpaired) electrons. The van der Waals surface area contributed by atoms with Crippen molar-refractivity contribution in [1.29, 1.82) is 0 Å². The summed E-state index contributed by atoms with van der Waals surface area (Å²) in [5, 5.41) is 3.36. The molecule has 1 aromatic heterocycles. The van der Waals surface area contributed by atoms with Gasteiger partial charge in [0.2, 0.25) is 0 Å². The van der Waals surface area contributed by atoms with Gasteiger partial charge in [0.25, 0.3) is 0 Å². The van der Waals surface area contributed by atoms with Gasteiger partial charge >= 0.3 is 0 Å². The van der Waals surface area contributed by atoms with Gasteiger partial charge in [0.15, 0.2) is 5.82 Å². The topological polar surface area (TPSA) is 37.8 Å². The van der Waals surface area contributed by atoms with E-state index in [1.54, 1.807) is 0 Å². The highest BCUT2D eigenvalue weighted by molar-refractivity contribution is 9.10. The van der Waals surface area contributed by atoms with Gasteiger partial charge < -0.3 is 5.32 Å². The monoisotopic (exact) mass is 333 g/mol. The normalized spacial score (nSPS) is 10.9. The molecule has 2 aromatic rings. The first kappa shape index (κ1) is 15.0. The van der Waals surface area contributed by atoms with Crippen LogP contribution in [0, 0.1) is 6.92 Å². The van der Waals surface area contributed by atoms with Crippen molar-refractivity contribution < 1.29 is 0 Å². The van der Waals surface area contributed by atoms with E-state index in [0.29, 0.717) is 5.92 Å². The van der Waals surface area contributed by atoms with E-state index in [1.165, 1.54) is 5.56 Å². The minimum atomic E-state index is 0.400. The summed E-state index contributed by atoms with van der Waals surface area (Å²) in [6.07, 6.45) is 0. The summed E-state index contributed by atoms with van der Waals surface area (Å²) in [6.45, 7) is 9.33. The number of anilines is 1. The number of halogens is 1. The van der Waals surface area contributed by atoms with Gasteiger partial charge in [0, 0.05) is 27.8 Å². The third-order valence-electron chi connectivity index (χ3n) is 3.17. The maximum atomic E-state index is 4.72. The number of rotatable bonds is 4. The Hall–Kier alpha value is -1.42. The van der Waals surface area contributed by atoms with E-state index in [4.69, 9.17) is 4.98 Å². The van der Waals surface area contributed by atoms with Crippen molar-refractivity contribution in [3.05, 3.63) is 40.0 Å². The lowest BCUT2D eigenvalue weighted by Gasteiger charge is -2.17. The van der Waals surface area contributed by atoms with E-state index in [2.05, 4.69) is 53.9 Å². The Morgan fingerprint density at radius 3 is 2.50 bits per heavy atom. The van der Waals surface area contributed by atoms with E-state index >= 15 is 0 Å². The summed E-state index contributed by atoms with van der Waals surface area (Å²) in [5.74, 6) is 2.10. The fraction of sp³-hybridized carbons (Fsp3) is 0.375. The number of hydrogen-bond acceptors (Lipinski definition) is 3. The molecule has 20 heavy (non-hydrogen) atoms. The second-order valence-corrected chi connectivity index (χ2v) is 5.91. The SMILES string of the molecule is CCNc1nc(-c2ccccc2Br)nc(C)c1C(C)C. The number of aromatic nitrogens is 2. The van der Waals surface area contributed by atoms with Crippen LogP contribution >= 0.6 is 15.9 Å². The van der Waals surface area contributed by atoms with E-state index in [1.807, 2.05) is 24.3 Å². The minimum Gasteiger partial charge on any atom is -0.370 e. The van der Waals surface area contributed by atoms with Gasteiger partial charge in [-0.15, -0.1) is 0 Å². The molecule has 1 heterocycles. The van der Waals surface area contributed by atoms with Gasteiger partial charge in [0.05, 0.1) is 0 Å². The average molecular weight is 334 g/mol. The highest BCUT2D eigenvalue weighted by Crippen LogP contribution is 2.30. The molecule has 1 aromatic carbocycles. The van der Waals surface area contributed by atoms with Crippen LogP contribution in [0.3, 0.4) is 0 Å². The molecular weight excluding hydrogens is 314 g/mol. The lowest BCUT2D eigenvalue weighted by Crippen LogP contribution is -2.09. The highest BCUT2D eigenvalue weighted by Gasteiger charge is 2.16. The van der Waals surface area contributed by atoms with Gasteiger partial charge in [-0.05, 0) is 25.8 Å². The molecule has 0 saturated heterocycles. The van der Waals surface area contributed by atoms with Crippen molar-refractivity contribution in [2.24, 2.45) is 0 Å². The van der Waals surface area contributed by atoms with Crippen LogP contribution in [0.15, 0.2) is 28.7 Å². The zero-order valence-corrected chi connectivity index (χ0v) is 14.0. The standard InChI is InChI=1S/C16H20BrN3/c1-5-18-16-14(10(2)3)11(4)19-15(20-16)12-8-6-7-9-13(12)17/h6-10H,5H2,1-4H3,(H,18,19,20). The summed E-state index contributed by atoms with van der Waals surface area (Å²) in [5.41, 5.74) is 3.25. The lowest BCUT2D eigenvalue weighted by molar-refractivity contribution is 0.831. The number of benzene rings is 1. The third-order valence-corrected chi connectivity index (χ3v) is 3.86. The van der Waals surface area contributed by atoms with E-state index in [0.717, 1.165) is 33.9 Å². The first-order chi connectivity index (χ1) is 9.54. The predicted molar refractivity (Wildman–Crippen MR) is 88.2 cm³/mol. The first-order valence-electron chi connectivity index (χ1n) is 6.91. The van der Waals surface area contributed by atoms with E-state index in [-0.39, 0.29) is 0 Å². The van der Waals surface area contributed by atoms with Crippen LogP contribution in [0.4, 0.5) is 5.82 Å². The fourth-order valence-corrected chi connectivity index (χ4v) is 2.80. The maximum absolute atomic E-state index is 4.72. The first-order valence-corrected chi connectivity index (χ1v) is 7.71. The zero-order valence-electron chi connectivity index (χ0n) is 12.4. The van der Waals surface area contributed by atoms with Crippen molar-refractivity contribution >= 4 is 21.7 Å². The van der Waals surface area contributed by atoms with E-state index < -0.39 is 0 Å². The molecule has 0 spiro atoms. The van der Waals surface area contributed by atoms with E-state index in [9.17, 15) is 0 Å². The third kappa shape index (κ3) is 3.01. The molecule has 3 nitrogen and oxygen atoms in total. The summed E-state index contributed by atoms with van der Waals surface area (Å²) in [6, 6.07) is 8.04. The molecule has 2 rings (SSSR count). The molecule has 106 valence electrons. The molecule has 1 N–H and O–H groups in total. The second kappa shape index (κ2) is 6.35. The van der Waals surface area contributed by atoms with Crippen molar-refractivity contribution in [3.63, 3.8) is 0 Å². The highest BCUT2D eigenvalue weighted by atomic mass is 79.9. The maximum Gasteiger partial charge on any atom is 0.162 e. The van der Waals surface area contributed by atoms with Crippen LogP contribution in [0.25, 0.3) is 11.4 Å². The van der Waals surface area contributed by atoms with Crippen molar-refractivity contribution in [3.8, 4) is 11.4 Å². The molecular formula is C16H20BrN3. The largest absolute Gasteiger partial charge is 0.370 e. The average Bonchev–Trinajstić information content (AvgIpc) is 2.38. The Balaban J connectivity index is 2.60. The lowest BCUT2D eigenvalue weighted by atomic mass is 10.0. The fourth-order valence-electron chi connectivity index (χ4n) is 2.34. The van der Waals surface area contributed by atoms with Crippen LogP contribution in [0.5, 0.6) is 0 Å². The molecule has 4 heteroatoms. The smallest absolute Gasteiger partial charge is 0.162 e. The predicted octanol–water partition coefficient (Wildman–Crippen LogP) is 4.77. The Morgan fingerprint density at radius 2 is 1.90 bits per heavy atom. The molecule has 0 unspecified atom stereocenters. The molecule has 0 aliphatic rings. The summed E-state index contributed by atoms with van der Waals surface area (Å²) >= 11 is 3.57. The molecule has 0 aliphatic heterocycles. The summed E-state index contributed by atoms with van der Waals surface area (Å²) in [4.78, 5) is 9.41. The number of hydrogen-bond donors (Lipinski definition) is 1. The Bertz CT molecular complexity index is 609. The van der Waals surface area contributed by atoms with Crippen LogP contribution < -0.4 is 5.32 Å². The van der Waals surface area contributed by atoms with Crippen LogP contribution in [-0.4, -0.2) is 16.5 Å².